The normalized spacial score (nSPS) is 17.2. The molecule has 0 aliphatic carbocycles. The van der Waals surface area contributed by atoms with E-state index in [4.69, 9.17) is 22.4 Å². The zero-order valence-corrected chi connectivity index (χ0v) is 14.8. The van der Waals surface area contributed by atoms with E-state index in [1.165, 1.54) is 0 Å². The Hall–Kier alpha value is -2.92. The van der Waals surface area contributed by atoms with Gasteiger partial charge in [0.2, 0.25) is 0 Å². The zero-order valence-electron chi connectivity index (χ0n) is 14.8. The van der Waals surface area contributed by atoms with Gasteiger partial charge in [-0.3, -0.25) is 0 Å². The standard InChI is InChI=1S/C22H20O5/c1-5-17(23-9-1)13-21(14-18-6-2-10-24-18)22(27-21,15-19-7-3-11-25-19)16-20-8-4-12-26-20/h1-12H,13-16H2. The van der Waals surface area contributed by atoms with Crippen LogP contribution in [0.25, 0.3) is 0 Å². The fraction of sp³-hybridized carbons (Fsp3) is 0.273. The Morgan fingerprint density at radius 1 is 0.481 bits per heavy atom. The van der Waals surface area contributed by atoms with Gasteiger partial charge in [0, 0.05) is 25.7 Å². The molecule has 0 bridgehead atoms. The topological polar surface area (TPSA) is 65.1 Å². The van der Waals surface area contributed by atoms with E-state index in [1.807, 2.05) is 48.5 Å². The molecule has 0 amide bonds. The molecule has 27 heavy (non-hydrogen) atoms. The van der Waals surface area contributed by atoms with E-state index < -0.39 is 11.2 Å². The van der Waals surface area contributed by atoms with Gasteiger partial charge >= 0.3 is 0 Å². The van der Waals surface area contributed by atoms with Crippen molar-refractivity contribution in [1.82, 2.24) is 0 Å². The highest BCUT2D eigenvalue weighted by molar-refractivity contribution is 5.29. The van der Waals surface area contributed by atoms with Crippen molar-refractivity contribution in [3.63, 3.8) is 0 Å². The second-order valence-electron chi connectivity index (χ2n) is 7.12. The molecular formula is C22H20O5. The first kappa shape index (κ1) is 16.3. The first-order chi connectivity index (χ1) is 13.3. The predicted octanol–water partition coefficient (Wildman–Crippen LogP) is 4.84. The molecule has 5 nitrogen and oxygen atoms in total. The van der Waals surface area contributed by atoms with Gasteiger partial charge in [0.25, 0.3) is 0 Å². The third-order valence-corrected chi connectivity index (χ3v) is 5.34. The molecule has 5 heteroatoms. The lowest BCUT2D eigenvalue weighted by Gasteiger charge is -2.18. The van der Waals surface area contributed by atoms with Crippen molar-refractivity contribution < 1.29 is 22.4 Å². The van der Waals surface area contributed by atoms with Crippen molar-refractivity contribution in [2.75, 3.05) is 0 Å². The van der Waals surface area contributed by atoms with Crippen LogP contribution >= 0.6 is 0 Å². The fourth-order valence-electron chi connectivity index (χ4n) is 4.04. The minimum Gasteiger partial charge on any atom is -0.469 e. The van der Waals surface area contributed by atoms with Gasteiger partial charge < -0.3 is 22.4 Å². The summed E-state index contributed by atoms with van der Waals surface area (Å²) in [4.78, 5) is 0. The minimum atomic E-state index is -0.456. The maximum absolute atomic E-state index is 6.55. The Morgan fingerprint density at radius 2 is 0.778 bits per heavy atom. The lowest BCUT2D eigenvalue weighted by Crippen LogP contribution is -2.34. The van der Waals surface area contributed by atoms with E-state index in [1.54, 1.807) is 25.1 Å². The third kappa shape index (κ3) is 3.04. The second kappa shape index (κ2) is 6.35. The number of hydrogen-bond donors (Lipinski definition) is 0. The molecule has 0 N–H and O–H groups in total. The number of epoxide rings is 1. The Bertz CT molecular complexity index is 793. The molecule has 0 aromatic carbocycles. The summed E-state index contributed by atoms with van der Waals surface area (Å²) in [5, 5.41) is 0. The van der Waals surface area contributed by atoms with Crippen LogP contribution in [-0.4, -0.2) is 11.2 Å². The van der Waals surface area contributed by atoms with E-state index in [-0.39, 0.29) is 0 Å². The van der Waals surface area contributed by atoms with Crippen LogP contribution in [0, 0.1) is 0 Å². The van der Waals surface area contributed by atoms with Gasteiger partial charge in [-0.2, -0.15) is 0 Å². The third-order valence-electron chi connectivity index (χ3n) is 5.34. The number of furan rings is 4. The predicted molar refractivity (Wildman–Crippen MR) is 96.2 cm³/mol. The van der Waals surface area contributed by atoms with Crippen LogP contribution < -0.4 is 0 Å². The summed E-state index contributed by atoms with van der Waals surface area (Å²) in [5.41, 5.74) is -0.912. The summed E-state index contributed by atoms with van der Waals surface area (Å²) in [6.45, 7) is 0. The van der Waals surface area contributed by atoms with Gasteiger partial charge in [0.05, 0.1) is 25.1 Å². The van der Waals surface area contributed by atoms with Gasteiger partial charge in [0.15, 0.2) is 0 Å². The number of ether oxygens (including phenoxy) is 1. The van der Waals surface area contributed by atoms with Gasteiger partial charge in [-0.25, -0.2) is 0 Å². The quantitative estimate of drug-likeness (QED) is 0.419. The Balaban J connectivity index is 1.51. The smallest absolute Gasteiger partial charge is 0.113 e. The average Bonchev–Trinajstić information content (AvgIpc) is 3.32. The first-order valence-corrected chi connectivity index (χ1v) is 9.07. The summed E-state index contributed by atoms with van der Waals surface area (Å²) in [5.74, 6) is 3.56. The molecule has 138 valence electrons. The molecule has 4 aromatic rings. The van der Waals surface area contributed by atoms with Crippen LogP contribution in [0.15, 0.2) is 91.3 Å². The van der Waals surface area contributed by atoms with E-state index in [0.29, 0.717) is 25.7 Å². The molecule has 0 unspecified atom stereocenters. The van der Waals surface area contributed by atoms with Crippen molar-refractivity contribution >= 4 is 0 Å². The molecule has 0 atom stereocenters. The van der Waals surface area contributed by atoms with Crippen molar-refractivity contribution in [1.29, 1.82) is 0 Å². The van der Waals surface area contributed by atoms with Gasteiger partial charge in [-0.15, -0.1) is 0 Å². The molecule has 1 saturated heterocycles. The molecular weight excluding hydrogens is 344 g/mol. The van der Waals surface area contributed by atoms with Crippen LogP contribution in [-0.2, 0) is 30.4 Å². The molecule has 1 aliphatic heterocycles. The highest BCUT2D eigenvalue weighted by Gasteiger charge is 2.70. The average molecular weight is 364 g/mol. The van der Waals surface area contributed by atoms with Crippen LogP contribution in [0.5, 0.6) is 0 Å². The number of hydrogen-bond acceptors (Lipinski definition) is 5. The molecule has 1 fully saturated rings. The summed E-state index contributed by atoms with van der Waals surface area (Å²) in [6, 6.07) is 15.5. The van der Waals surface area contributed by atoms with Crippen molar-refractivity contribution in [3.05, 3.63) is 96.6 Å². The van der Waals surface area contributed by atoms with E-state index >= 15 is 0 Å². The maximum Gasteiger partial charge on any atom is 0.113 e. The monoisotopic (exact) mass is 364 g/mol. The van der Waals surface area contributed by atoms with E-state index in [9.17, 15) is 0 Å². The summed E-state index contributed by atoms with van der Waals surface area (Å²) in [7, 11) is 0. The van der Waals surface area contributed by atoms with Gasteiger partial charge in [-0.05, 0) is 48.5 Å². The fourth-order valence-corrected chi connectivity index (χ4v) is 4.04. The second-order valence-corrected chi connectivity index (χ2v) is 7.12. The molecule has 5 rings (SSSR count). The minimum absolute atomic E-state index is 0.456. The lowest BCUT2D eigenvalue weighted by atomic mass is 9.80. The van der Waals surface area contributed by atoms with Crippen LogP contribution in [0.1, 0.15) is 23.0 Å². The van der Waals surface area contributed by atoms with Crippen molar-refractivity contribution in [2.45, 2.75) is 36.9 Å². The Kier molecular flexibility index (Phi) is 3.83. The van der Waals surface area contributed by atoms with Crippen molar-refractivity contribution in [2.24, 2.45) is 0 Å². The summed E-state index contributed by atoms with van der Waals surface area (Å²) in [6.07, 6.45) is 9.39. The van der Waals surface area contributed by atoms with Crippen LogP contribution in [0.3, 0.4) is 0 Å². The molecule has 5 heterocycles. The first-order valence-electron chi connectivity index (χ1n) is 9.07. The molecule has 4 aromatic heterocycles. The SMILES string of the molecule is c1coc(CC2(Cc3ccco3)OC2(Cc2ccco2)Cc2ccco2)c1. The van der Waals surface area contributed by atoms with Gasteiger partial charge in [-0.1, -0.05) is 0 Å². The van der Waals surface area contributed by atoms with Crippen molar-refractivity contribution in [3.8, 4) is 0 Å². The highest BCUT2D eigenvalue weighted by Crippen LogP contribution is 2.56. The largest absolute Gasteiger partial charge is 0.469 e. The number of rotatable bonds is 8. The van der Waals surface area contributed by atoms with E-state index in [0.717, 1.165) is 23.0 Å². The Morgan fingerprint density at radius 3 is 1.00 bits per heavy atom. The highest BCUT2D eigenvalue weighted by atomic mass is 16.6. The summed E-state index contributed by atoms with van der Waals surface area (Å²) < 4.78 is 29.1. The van der Waals surface area contributed by atoms with Crippen LogP contribution in [0.2, 0.25) is 0 Å². The van der Waals surface area contributed by atoms with Gasteiger partial charge in [0.1, 0.15) is 34.2 Å². The summed E-state index contributed by atoms with van der Waals surface area (Å²) >= 11 is 0. The molecule has 0 saturated carbocycles. The molecule has 0 spiro atoms. The Labute approximate surface area is 156 Å². The lowest BCUT2D eigenvalue weighted by molar-refractivity contribution is 0.237. The van der Waals surface area contributed by atoms with Crippen LogP contribution in [0.4, 0.5) is 0 Å². The zero-order chi connectivity index (χ0) is 18.2. The molecule has 0 radical (unpaired) electrons. The molecule has 1 aliphatic rings. The van der Waals surface area contributed by atoms with E-state index in [2.05, 4.69) is 0 Å². The maximum atomic E-state index is 6.55.